The Balaban J connectivity index is 1.25. The number of nitrogens with zero attached hydrogens (tertiary/aromatic N) is 4. The zero-order chi connectivity index (χ0) is 22.8. The number of fused-ring (bicyclic) bond motifs is 1. The first-order valence-electron chi connectivity index (χ1n) is 10.7. The number of hydrogen-bond donors (Lipinski definition) is 2. The molecule has 0 radical (unpaired) electrons. The number of hydrogen-bond acceptors (Lipinski definition) is 4. The number of benzene rings is 2. The molecular weight excluding hydrogens is 443 g/mol. The van der Waals surface area contributed by atoms with Crippen LogP contribution in [0.2, 0.25) is 5.02 Å². The number of rotatable bonds is 4. The average Bonchev–Trinajstić information content (AvgIpc) is 3.28. The second-order valence-corrected chi connectivity index (χ2v) is 8.35. The summed E-state index contributed by atoms with van der Waals surface area (Å²) in [7, 11) is 0. The van der Waals surface area contributed by atoms with Crippen LogP contribution in [0, 0.1) is 5.82 Å². The Morgan fingerprint density at radius 3 is 2.48 bits per heavy atom. The van der Waals surface area contributed by atoms with E-state index >= 15 is 0 Å². The van der Waals surface area contributed by atoms with Crippen molar-refractivity contribution in [2.45, 2.75) is 6.54 Å². The highest BCUT2D eigenvalue weighted by molar-refractivity contribution is 6.30. The van der Waals surface area contributed by atoms with Crippen LogP contribution in [0.25, 0.3) is 22.3 Å². The molecule has 2 amide bonds. The molecule has 1 saturated heterocycles. The fourth-order valence-corrected chi connectivity index (χ4v) is 4.10. The van der Waals surface area contributed by atoms with Gasteiger partial charge in [-0.1, -0.05) is 23.7 Å². The molecule has 0 saturated carbocycles. The molecule has 0 aliphatic carbocycles. The van der Waals surface area contributed by atoms with Crippen LogP contribution in [0.3, 0.4) is 0 Å². The summed E-state index contributed by atoms with van der Waals surface area (Å²) in [6.07, 6.45) is 1.54. The lowest BCUT2D eigenvalue weighted by atomic mass is 10.1. The van der Waals surface area contributed by atoms with Crippen molar-refractivity contribution in [3.05, 3.63) is 77.3 Å². The van der Waals surface area contributed by atoms with Gasteiger partial charge in [0.05, 0.1) is 5.39 Å². The Labute approximate surface area is 195 Å². The van der Waals surface area contributed by atoms with Crippen LogP contribution in [0.1, 0.15) is 5.56 Å². The lowest BCUT2D eigenvalue weighted by molar-refractivity contribution is 0.194. The molecule has 1 aliphatic heterocycles. The summed E-state index contributed by atoms with van der Waals surface area (Å²) < 4.78 is 13.3. The molecule has 4 aromatic rings. The lowest BCUT2D eigenvalue weighted by Crippen LogP contribution is -2.52. The maximum absolute atomic E-state index is 13.3. The molecule has 0 bridgehead atoms. The molecule has 7 nitrogen and oxygen atoms in total. The van der Waals surface area contributed by atoms with E-state index in [1.807, 2.05) is 35.2 Å². The second kappa shape index (κ2) is 9.07. The fourth-order valence-electron chi connectivity index (χ4n) is 3.98. The Morgan fingerprint density at radius 2 is 1.76 bits per heavy atom. The van der Waals surface area contributed by atoms with E-state index in [1.165, 1.54) is 18.5 Å². The summed E-state index contributed by atoms with van der Waals surface area (Å²) in [6.45, 7) is 2.97. The van der Waals surface area contributed by atoms with Gasteiger partial charge in [-0.05, 0) is 53.6 Å². The third kappa shape index (κ3) is 4.61. The third-order valence-electron chi connectivity index (χ3n) is 5.78. The van der Waals surface area contributed by atoms with Gasteiger partial charge in [0.15, 0.2) is 0 Å². The number of nitrogens with one attached hydrogen (secondary N) is 2. The first-order valence-corrected chi connectivity index (χ1v) is 11.1. The first-order chi connectivity index (χ1) is 16.1. The van der Waals surface area contributed by atoms with Crippen LogP contribution in [0.4, 0.5) is 15.0 Å². The topological polar surface area (TPSA) is 77.2 Å². The van der Waals surface area contributed by atoms with Crippen molar-refractivity contribution in [3.8, 4) is 11.3 Å². The minimum absolute atomic E-state index is 0.0855. The van der Waals surface area contributed by atoms with Gasteiger partial charge in [0.2, 0.25) is 0 Å². The molecular formula is C24H22ClFN6O. The van der Waals surface area contributed by atoms with Crippen LogP contribution < -0.4 is 10.2 Å². The molecule has 0 unspecified atom stereocenters. The van der Waals surface area contributed by atoms with Gasteiger partial charge in [0.25, 0.3) is 0 Å². The molecule has 33 heavy (non-hydrogen) atoms. The molecule has 168 valence electrons. The van der Waals surface area contributed by atoms with Crippen molar-refractivity contribution in [2.24, 2.45) is 0 Å². The maximum Gasteiger partial charge on any atom is 0.317 e. The molecule has 5 rings (SSSR count). The van der Waals surface area contributed by atoms with Crippen LogP contribution in [0.15, 0.2) is 60.9 Å². The number of anilines is 1. The van der Waals surface area contributed by atoms with Crippen molar-refractivity contribution < 1.29 is 9.18 Å². The number of urea groups is 1. The number of aromatic amines is 1. The van der Waals surface area contributed by atoms with Gasteiger partial charge < -0.3 is 20.1 Å². The van der Waals surface area contributed by atoms with E-state index in [2.05, 4.69) is 25.2 Å². The summed E-state index contributed by atoms with van der Waals surface area (Å²) >= 11 is 5.91. The highest BCUT2D eigenvalue weighted by atomic mass is 35.5. The van der Waals surface area contributed by atoms with Gasteiger partial charge in [-0.25, -0.2) is 19.2 Å². The van der Waals surface area contributed by atoms with E-state index in [1.54, 1.807) is 12.1 Å². The Hall–Kier alpha value is -3.65. The predicted molar refractivity (Wildman–Crippen MR) is 127 cm³/mol. The molecule has 2 N–H and O–H groups in total. The minimum Gasteiger partial charge on any atom is -0.352 e. The van der Waals surface area contributed by atoms with Gasteiger partial charge in [-0.15, -0.1) is 0 Å². The van der Waals surface area contributed by atoms with E-state index in [0.29, 0.717) is 37.7 Å². The van der Waals surface area contributed by atoms with Crippen molar-refractivity contribution >= 4 is 34.5 Å². The molecule has 2 aromatic heterocycles. The molecule has 0 atom stereocenters. The molecule has 9 heteroatoms. The van der Waals surface area contributed by atoms with Crippen molar-refractivity contribution in [1.82, 2.24) is 25.2 Å². The molecule has 0 spiro atoms. The molecule has 2 aromatic carbocycles. The quantitative estimate of drug-likeness (QED) is 0.468. The summed E-state index contributed by atoms with van der Waals surface area (Å²) in [5.74, 6) is 0.552. The van der Waals surface area contributed by atoms with Crippen molar-refractivity contribution in [2.75, 3.05) is 31.1 Å². The van der Waals surface area contributed by atoms with E-state index in [9.17, 15) is 9.18 Å². The number of H-pyrrole nitrogens is 1. The van der Waals surface area contributed by atoms with Gasteiger partial charge in [-0.3, -0.25) is 0 Å². The normalized spacial score (nSPS) is 14.0. The van der Waals surface area contributed by atoms with Crippen LogP contribution in [-0.4, -0.2) is 52.1 Å². The summed E-state index contributed by atoms with van der Waals surface area (Å²) in [5.41, 5.74) is 3.45. The molecule has 1 aliphatic rings. The third-order valence-corrected chi connectivity index (χ3v) is 6.04. The number of carbonyl (C=O) groups is 1. The second-order valence-electron chi connectivity index (χ2n) is 7.91. The maximum atomic E-state index is 13.3. The fraction of sp³-hybridized carbons (Fsp3) is 0.208. The van der Waals surface area contributed by atoms with Gasteiger partial charge in [0, 0.05) is 43.4 Å². The Bertz CT molecular complexity index is 1270. The zero-order valence-electron chi connectivity index (χ0n) is 17.8. The monoisotopic (exact) mass is 464 g/mol. The molecule has 3 heterocycles. The first kappa shape index (κ1) is 21.2. The number of aromatic nitrogens is 3. The summed E-state index contributed by atoms with van der Waals surface area (Å²) in [5, 5.41) is 4.54. The van der Waals surface area contributed by atoms with E-state index in [0.717, 1.165) is 33.7 Å². The predicted octanol–water partition coefficient (Wildman–Crippen LogP) is 4.45. The smallest absolute Gasteiger partial charge is 0.317 e. The van der Waals surface area contributed by atoms with Gasteiger partial charge in [0.1, 0.15) is 23.6 Å². The van der Waals surface area contributed by atoms with Crippen molar-refractivity contribution in [1.29, 1.82) is 0 Å². The summed E-state index contributed by atoms with van der Waals surface area (Å²) in [6, 6.07) is 15.7. The highest BCUT2D eigenvalue weighted by Gasteiger charge is 2.23. The largest absolute Gasteiger partial charge is 0.352 e. The van der Waals surface area contributed by atoms with Gasteiger partial charge in [-0.2, -0.15) is 0 Å². The Kier molecular flexibility index (Phi) is 5.83. The summed E-state index contributed by atoms with van der Waals surface area (Å²) in [4.78, 5) is 28.7. The van der Waals surface area contributed by atoms with Crippen molar-refractivity contribution in [3.63, 3.8) is 0 Å². The van der Waals surface area contributed by atoms with Crippen LogP contribution in [-0.2, 0) is 6.54 Å². The van der Waals surface area contributed by atoms with E-state index in [4.69, 9.17) is 11.6 Å². The van der Waals surface area contributed by atoms with Crippen LogP contribution >= 0.6 is 11.6 Å². The number of piperazine rings is 1. The van der Waals surface area contributed by atoms with E-state index < -0.39 is 0 Å². The highest BCUT2D eigenvalue weighted by Crippen LogP contribution is 2.29. The number of carbonyl (C=O) groups excluding carboxylic acids is 1. The average molecular weight is 465 g/mol. The number of amides is 2. The standard InChI is InChI=1S/C24H22ClFN6O/c25-18-5-1-16(2-6-18)14-27-24(33)32-11-9-31(10-12-32)23-20-13-21(30-22(20)28-15-29-23)17-3-7-19(26)8-4-17/h1-8,13,15H,9-12,14H2,(H,27,33)(H,28,29,30). The zero-order valence-corrected chi connectivity index (χ0v) is 18.5. The lowest BCUT2D eigenvalue weighted by Gasteiger charge is -2.35. The Morgan fingerprint density at radius 1 is 1.03 bits per heavy atom. The van der Waals surface area contributed by atoms with Gasteiger partial charge >= 0.3 is 6.03 Å². The van der Waals surface area contributed by atoms with E-state index in [-0.39, 0.29) is 11.8 Å². The minimum atomic E-state index is -0.273. The van der Waals surface area contributed by atoms with Crippen LogP contribution in [0.5, 0.6) is 0 Å². The SMILES string of the molecule is O=C(NCc1ccc(Cl)cc1)N1CCN(c2ncnc3[nH]c(-c4ccc(F)cc4)cc23)CC1. The number of halogens is 2. The molecule has 1 fully saturated rings.